The predicted molar refractivity (Wildman–Crippen MR) is 123 cm³/mol. The highest BCUT2D eigenvalue weighted by Gasteiger charge is 2.33. The van der Waals surface area contributed by atoms with Crippen molar-refractivity contribution in [2.24, 2.45) is 0 Å². The summed E-state index contributed by atoms with van der Waals surface area (Å²) in [5, 5.41) is 0.497. The molecular weight excluding hydrogens is 449 g/mol. The van der Waals surface area contributed by atoms with Crippen LogP contribution in [0.3, 0.4) is 0 Å². The van der Waals surface area contributed by atoms with Crippen molar-refractivity contribution in [2.45, 2.75) is 44.9 Å². The molecule has 0 saturated carbocycles. The second kappa shape index (κ2) is 9.17. The van der Waals surface area contributed by atoms with Crippen LogP contribution in [0, 0.1) is 6.92 Å². The Morgan fingerprint density at radius 2 is 1.94 bits per heavy atom. The zero-order valence-electron chi connectivity index (χ0n) is 19.2. The van der Waals surface area contributed by atoms with Crippen molar-refractivity contribution < 1.29 is 27.4 Å². The summed E-state index contributed by atoms with van der Waals surface area (Å²) in [6, 6.07) is 5.21. The Hall–Kier alpha value is -3.27. The first-order valence-corrected chi connectivity index (χ1v) is 10.9. The largest absolute Gasteiger partial charge is 0.493 e. The molecule has 2 heterocycles. The Bertz CT molecular complexity index is 1210. The number of methoxy groups -OCH3 is 1. The van der Waals surface area contributed by atoms with E-state index in [-0.39, 0.29) is 24.2 Å². The first kappa shape index (κ1) is 23.9. The zero-order valence-corrected chi connectivity index (χ0v) is 19.2. The van der Waals surface area contributed by atoms with Crippen LogP contribution in [0.5, 0.6) is 11.5 Å². The van der Waals surface area contributed by atoms with Crippen LogP contribution in [0.2, 0.25) is 0 Å². The molecule has 0 unspecified atom stereocenters. The number of benzene rings is 2. The summed E-state index contributed by atoms with van der Waals surface area (Å²) < 4.78 is 58.0. The van der Waals surface area contributed by atoms with Crippen molar-refractivity contribution in [1.29, 1.82) is 0 Å². The summed E-state index contributed by atoms with van der Waals surface area (Å²) in [5.41, 5.74) is 12.7. The molecule has 3 aromatic rings. The van der Waals surface area contributed by atoms with Gasteiger partial charge in [-0.05, 0) is 43.5 Å². The van der Waals surface area contributed by atoms with E-state index in [2.05, 4.69) is 9.97 Å². The highest BCUT2D eigenvalue weighted by Crippen LogP contribution is 2.46. The third kappa shape index (κ3) is 4.68. The number of alkyl halides is 3. The van der Waals surface area contributed by atoms with Gasteiger partial charge in [-0.15, -0.1) is 0 Å². The molecule has 1 fully saturated rings. The van der Waals surface area contributed by atoms with Gasteiger partial charge < -0.3 is 25.7 Å². The molecule has 0 spiro atoms. The average Bonchev–Trinajstić information content (AvgIpc) is 3.28. The van der Waals surface area contributed by atoms with Crippen LogP contribution in [0.25, 0.3) is 10.9 Å². The third-order valence-corrected chi connectivity index (χ3v) is 5.98. The van der Waals surface area contributed by atoms with Gasteiger partial charge in [0.1, 0.15) is 18.2 Å². The number of aromatic nitrogens is 2. The van der Waals surface area contributed by atoms with E-state index in [1.165, 1.54) is 13.2 Å². The molecular formula is C24H27F3N4O3. The summed E-state index contributed by atoms with van der Waals surface area (Å²) in [4.78, 5) is 8.77. The fraction of sp³-hybridized carbons (Fsp3) is 0.417. The molecule has 1 aliphatic heterocycles. The standard InChI is InChI=1S/C24H27F3N4O3/c1-12(14-7-15(24(25,26)27)9-16(28)8-14)20-21-18(30-13(2)31-23(21)29)10-19(32-3)22(20)34-11-17-5-4-6-33-17/h7-10,12,17H,4-6,11,28H2,1-3H3,(H2,29,30,31)/t12-,17-/m1/s1. The number of fused-ring (bicyclic) bond motifs is 1. The second-order valence-corrected chi connectivity index (χ2v) is 8.43. The van der Waals surface area contributed by atoms with Crippen molar-refractivity contribution in [3.05, 3.63) is 46.8 Å². The van der Waals surface area contributed by atoms with E-state index in [4.69, 9.17) is 25.7 Å². The van der Waals surface area contributed by atoms with Crippen LogP contribution in [-0.4, -0.2) is 36.4 Å². The number of hydrogen-bond donors (Lipinski definition) is 2. The summed E-state index contributed by atoms with van der Waals surface area (Å²) in [6.45, 7) is 4.40. The molecule has 7 nitrogen and oxygen atoms in total. The topological polar surface area (TPSA) is 106 Å². The normalized spacial score (nSPS) is 17.2. The Morgan fingerprint density at radius 1 is 1.18 bits per heavy atom. The van der Waals surface area contributed by atoms with Gasteiger partial charge >= 0.3 is 6.18 Å². The molecule has 2 atom stereocenters. The lowest BCUT2D eigenvalue weighted by molar-refractivity contribution is -0.137. The highest BCUT2D eigenvalue weighted by atomic mass is 19.4. The van der Waals surface area contributed by atoms with Gasteiger partial charge in [0.25, 0.3) is 0 Å². The summed E-state index contributed by atoms with van der Waals surface area (Å²) in [6.07, 6.45) is -2.83. The van der Waals surface area contributed by atoms with E-state index >= 15 is 0 Å². The predicted octanol–water partition coefficient (Wildman–Crippen LogP) is 4.84. The van der Waals surface area contributed by atoms with Crippen molar-refractivity contribution in [3.8, 4) is 11.5 Å². The lowest BCUT2D eigenvalue weighted by atomic mass is 9.88. The number of rotatable bonds is 6. The van der Waals surface area contributed by atoms with Crippen molar-refractivity contribution in [1.82, 2.24) is 9.97 Å². The van der Waals surface area contributed by atoms with Crippen LogP contribution < -0.4 is 20.9 Å². The molecule has 0 amide bonds. The van der Waals surface area contributed by atoms with E-state index in [1.54, 1.807) is 19.9 Å². The third-order valence-electron chi connectivity index (χ3n) is 5.98. The SMILES string of the molecule is COc1cc2nc(C)nc(N)c2c([C@H](C)c2cc(N)cc(C(F)(F)F)c2)c1OC[C@H]1CCCO1. The maximum atomic E-state index is 13.5. The first-order chi connectivity index (χ1) is 16.1. The minimum Gasteiger partial charge on any atom is -0.493 e. The number of nitrogen functional groups attached to an aromatic ring is 2. The summed E-state index contributed by atoms with van der Waals surface area (Å²) in [7, 11) is 1.49. The van der Waals surface area contributed by atoms with Crippen LogP contribution in [0.4, 0.5) is 24.7 Å². The smallest absolute Gasteiger partial charge is 0.416 e. The fourth-order valence-corrected chi connectivity index (χ4v) is 4.36. The average molecular weight is 476 g/mol. The van der Waals surface area contributed by atoms with E-state index in [1.807, 2.05) is 0 Å². The Morgan fingerprint density at radius 3 is 2.59 bits per heavy atom. The number of ether oxygens (including phenoxy) is 3. The van der Waals surface area contributed by atoms with Crippen LogP contribution in [0.15, 0.2) is 24.3 Å². The monoisotopic (exact) mass is 476 g/mol. The van der Waals surface area contributed by atoms with E-state index in [0.29, 0.717) is 46.0 Å². The molecule has 10 heteroatoms. The van der Waals surface area contributed by atoms with E-state index < -0.39 is 17.7 Å². The molecule has 34 heavy (non-hydrogen) atoms. The van der Waals surface area contributed by atoms with Gasteiger partial charge in [0.15, 0.2) is 11.5 Å². The molecule has 0 radical (unpaired) electrons. The first-order valence-electron chi connectivity index (χ1n) is 10.9. The number of halogens is 3. The van der Waals surface area contributed by atoms with Gasteiger partial charge in [-0.1, -0.05) is 6.92 Å². The van der Waals surface area contributed by atoms with Gasteiger partial charge in [0.05, 0.1) is 29.7 Å². The van der Waals surface area contributed by atoms with E-state index in [0.717, 1.165) is 25.0 Å². The maximum Gasteiger partial charge on any atom is 0.416 e. The minimum atomic E-state index is -4.54. The quantitative estimate of drug-likeness (QED) is 0.491. The molecule has 0 aliphatic carbocycles. The van der Waals surface area contributed by atoms with Crippen LogP contribution in [0.1, 0.15) is 48.2 Å². The van der Waals surface area contributed by atoms with Gasteiger partial charge in [0.2, 0.25) is 0 Å². The Balaban J connectivity index is 1.93. The fourth-order valence-electron chi connectivity index (χ4n) is 4.36. The Kier molecular flexibility index (Phi) is 6.44. The van der Waals surface area contributed by atoms with Gasteiger partial charge in [-0.2, -0.15) is 13.2 Å². The zero-order chi connectivity index (χ0) is 24.6. The van der Waals surface area contributed by atoms with Crippen molar-refractivity contribution in [2.75, 3.05) is 31.8 Å². The van der Waals surface area contributed by atoms with Gasteiger partial charge in [-0.3, -0.25) is 0 Å². The highest BCUT2D eigenvalue weighted by molar-refractivity contribution is 5.95. The van der Waals surface area contributed by atoms with Gasteiger partial charge in [0, 0.05) is 29.8 Å². The van der Waals surface area contributed by atoms with Crippen LogP contribution in [-0.2, 0) is 10.9 Å². The molecule has 4 N–H and O–H groups in total. The molecule has 1 aliphatic rings. The molecule has 182 valence electrons. The van der Waals surface area contributed by atoms with Gasteiger partial charge in [-0.25, -0.2) is 9.97 Å². The lowest BCUT2D eigenvalue weighted by Gasteiger charge is -2.24. The second-order valence-electron chi connectivity index (χ2n) is 8.43. The molecule has 0 bridgehead atoms. The lowest BCUT2D eigenvalue weighted by Crippen LogP contribution is -2.18. The molecule has 1 saturated heterocycles. The molecule has 1 aromatic heterocycles. The minimum absolute atomic E-state index is 0.00534. The number of hydrogen-bond acceptors (Lipinski definition) is 7. The molecule has 2 aromatic carbocycles. The molecule has 4 rings (SSSR count). The summed E-state index contributed by atoms with van der Waals surface area (Å²) in [5.74, 6) is 0.823. The maximum absolute atomic E-state index is 13.5. The number of nitrogens with zero attached hydrogens (tertiary/aromatic N) is 2. The number of aryl methyl sites for hydroxylation is 1. The van der Waals surface area contributed by atoms with Crippen molar-refractivity contribution >= 4 is 22.4 Å². The Labute approximate surface area is 195 Å². The number of anilines is 2. The number of nitrogens with two attached hydrogens (primary N) is 2. The van der Waals surface area contributed by atoms with E-state index in [9.17, 15) is 13.2 Å². The van der Waals surface area contributed by atoms with Crippen molar-refractivity contribution in [3.63, 3.8) is 0 Å². The summed E-state index contributed by atoms with van der Waals surface area (Å²) >= 11 is 0. The van der Waals surface area contributed by atoms with Crippen LogP contribution >= 0.6 is 0 Å².